The van der Waals surface area contributed by atoms with Crippen molar-refractivity contribution >= 4 is 34.8 Å². The summed E-state index contributed by atoms with van der Waals surface area (Å²) in [6.45, 7) is 1.13. The Hall–Kier alpha value is -1.37. The molecule has 1 atom stereocenters. The van der Waals surface area contributed by atoms with Crippen molar-refractivity contribution in [2.24, 2.45) is 0 Å². The molecule has 20 heavy (non-hydrogen) atoms. The summed E-state index contributed by atoms with van der Waals surface area (Å²) in [7, 11) is 1.83. The quantitative estimate of drug-likeness (QED) is 0.685. The van der Waals surface area contributed by atoms with Crippen molar-refractivity contribution in [2.45, 2.75) is 12.5 Å². The number of carbonyl (C=O) groups excluding carboxylic acids is 1. The lowest BCUT2D eigenvalue weighted by atomic mass is 10.1. The third-order valence-corrected chi connectivity index (χ3v) is 4.14. The molecule has 0 bridgehead atoms. The molecule has 108 valence electrons. The van der Waals surface area contributed by atoms with E-state index in [0.717, 1.165) is 12.5 Å². The van der Waals surface area contributed by atoms with Crippen LogP contribution in [0.25, 0.3) is 0 Å². The molecule has 8 heteroatoms. The fourth-order valence-corrected chi connectivity index (χ4v) is 2.59. The first kappa shape index (κ1) is 15.0. The molecule has 0 aromatic heterocycles. The summed E-state index contributed by atoms with van der Waals surface area (Å²) in [6.07, 6.45) is 0.836. The van der Waals surface area contributed by atoms with E-state index in [0.29, 0.717) is 13.1 Å². The van der Waals surface area contributed by atoms with Crippen LogP contribution in [0.15, 0.2) is 12.1 Å². The molecule has 1 aliphatic rings. The standard InChI is InChI=1S/C12H13Cl2N3O3/c1-15-7-2-3-16(6-7)12(18)9-4-8(17(19)20)5-10(13)11(9)14/h4-5,7,15H,2-3,6H2,1H3. The number of halogens is 2. The molecule has 2 rings (SSSR count). The Balaban J connectivity index is 2.32. The van der Waals surface area contributed by atoms with E-state index in [2.05, 4.69) is 5.32 Å². The number of benzene rings is 1. The number of nitrogens with zero attached hydrogens (tertiary/aromatic N) is 2. The summed E-state index contributed by atoms with van der Waals surface area (Å²) in [5.74, 6) is -0.335. The Bertz CT molecular complexity index is 565. The Morgan fingerprint density at radius 2 is 2.20 bits per heavy atom. The zero-order valence-corrected chi connectivity index (χ0v) is 12.2. The van der Waals surface area contributed by atoms with Gasteiger partial charge in [-0.3, -0.25) is 14.9 Å². The summed E-state index contributed by atoms with van der Waals surface area (Å²) in [5.41, 5.74) is -0.172. The van der Waals surface area contributed by atoms with Crippen molar-refractivity contribution in [3.8, 4) is 0 Å². The van der Waals surface area contributed by atoms with E-state index >= 15 is 0 Å². The summed E-state index contributed by atoms with van der Waals surface area (Å²) in [6, 6.07) is 2.54. The molecule has 1 heterocycles. The smallest absolute Gasteiger partial charge is 0.271 e. The zero-order chi connectivity index (χ0) is 14.9. The van der Waals surface area contributed by atoms with Gasteiger partial charge in [-0.15, -0.1) is 0 Å². The van der Waals surface area contributed by atoms with Gasteiger partial charge in [0.05, 0.1) is 20.5 Å². The fourth-order valence-electron chi connectivity index (χ4n) is 2.19. The van der Waals surface area contributed by atoms with Crippen LogP contribution in [0.1, 0.15) is 16.8 Å². The van der Waals surface area contributed by atoms with Gasteiger partial charge >= 0.3 is 0 Å². The molecule has 1 aromatic carbocycles. The SMILES string of the molecule is CNC1CCN(C(=O)c2cc([N+](=O)[O-])cc(Cl)c2Cl)C1. The molecule has 1 unspecified atom stereocenters. The second-order valence-electron chi connectivity index (χ2n) is 4.57. The van der Waals surface area contributed by atoms with Gasteiger partial charge < -0.3 is 10.2 Å². The van der Waals surface area contributed by atoms with Crippen LogP contribution < -0.4 is 5.32 Å². The maximum Gasteiger partial charge on any atom is 0.271 e. The first-order valence-electron chi connectivity index (χ1n) is 6.04. The minimum absolute atomic E-state index is 0.00794. The Labute approximate surface area is 125 Å². The van der Waals surface area contributed by atoms with Gasteiger partial charge in [0, 0.05) is 31.3 Å². The van der Waals surface area contributed by atoms with Crippen molar-refractivity contribution in [1.29, 1.82) is 0 Å². The lowest BCUT2D eigenvalue weighted by molar-refractivity contribution is -0.384. The summed E-state index contributed by atoms with van der Waals surface area (Å²) < 4.78 is 0. The van der Waals surface area contributed by atoms with Crippen LogP contribution in [-0.2, 0) is 0 Å². The molecule has 0 spiro atoms. The van der Waals surface area contributed by atoms with Crippen molar-refractivity contribution in [2.75, 3.05) is 20.1 Å². The highest BCUT2D eigenvalue weighted by Crippen LogP contribution is 2.32. The highest BCUT2D eigenvalue weighted by Gasteiger charge is 2.29. The predicted molar refractivity (Wildman–Crippen MR) is 76.5 cm³/mol. The monoisotopic (exact) mass is 317 g/mol. The lowest BCUT2D eigenvalue weighted by Gasteiger charge is -2.17. The number of hydrogen-bond acceptors (Lipinski definition) is 4. The normalized spacial score (nSPS) is 18.4. The van der Waals surface area contributed by atoms with E-state index < -0.39 is 4.92 Å². The lowest BCUT2D eigenvalue weighted by Crippen LogP contribution is -2.33. The van der Waals surface area contributed by atoms with Gasteiger partial charge in [0.15, 0.2) is 0 Å². The zero-order valence-electron chi connectivity index (χ0n) is 10.7. The average molecular weight is 318 g/mol. The molecular formula is C12H13Cl2N3O3. The number of nitro groups is 1. The highest BCUT2D eigenvalue weighted by molar-refractivity contribution is 6.44. The third kappa shape index (κ3) is 2.87. The third-order valence-electron chi connectivity index (χ3n) is 3.34. The second kappa shape index (κ2) is 5.95. The number of nitro benzene ring substituents is 1. The van der Waals surface area contributed by atoms with E-state index in [1.165, 1.54) is 6.07 Å². The maximum absolute atomic E-state index is 12.4. The average Bonchev–Trinajstić information content (AvgIpc) is 2.89. The molecule has 1 saturated heterocycles. The van der Waals surface area contributed by atoms with E-state index in [-0.39, 0.29) is 33.2 Å². The van der Waals surface area contributed by atoms with E-state index in [1.807, 2.05) is 7.05 Å². The van der Waals surface area contributed by atoms with Gasteiger partial charge in [0.2, 0.25) is 0 Å². The van der Waals surface area contributed by atoms with E-state index in [4.69, 9.17) is 23.2 Å². The van der Waals surface area contributed by atoms with Gasteiger partial charge in [0.25, 0.3) is 11.6 Å². The van der Waals surface area contributed by atoms with Crippen LogP contribution in [0.5, 0.6) is 0 Å². The number of amides is 1. The van der Waals surface area contributed by atoms with Crippen molar-refractivity contribution < 1.29 is 9.72 Å². The molecule has 0 aliphatic carbocycles. The van der Waals surface area contributed by atoms with Crippen LogP contribution in [0.3, 0.4) is 0 Å². The van der Waals surface area contributed by atoms with Crippen molar-refractivity contribution in [3.05, 3.63) is 37.9 Å². The molecular weight excluding hydrogens is 305 g/mol. The Morgan fingerprint density at radius 3 is 2.75 bits per heavy atom. The Kier molecular flexibility index (Phi) is 4.47. The van der Waals surface area contributed by atoms with Gasteiger partial charge in [-0.1, -0.05) is 23.2 Å². The molecule has 0 saturated carbocycles. The molecule has 1 aliphatic heterocycles. The maximum atomic E-state index is 12.4. The van der Waals surface area contributed by atoms with Crippen LogP contribution >= 0.6 is 23.2 Å². The fraction of sp³-hybridized carbons (Fsp3) is 0.417. The van der Waals surface area contributed by atoms with E-state index in [9.17, 15) is 14.9 Å². The first-order valence-corrected chi connectivity index (χ1v) is 6.79. The molecule has 1 aromatic rings. The first-order chi connectivity index (χ1) is 9.43. The van der Waals surface area contributed by atoms with Crippen LogP contribution in [0, 0.1) is 10.1 Å². The summed E-state index contributed by atoms with van der Waals surface area (Å²) in [5, 5.41) is 14.0. The van der Waals surface area contributed by atoms with Crippen molar-refractivity contribution in [3.63, 3.8) is 0 Å². The predicted octanol–water partition coefficient (Wildman–Crippen LogP) is 2.34. The topological polar surface area (TPSA) is 75.5 Å². The highest BCUT2D eigenvalue weighted by atomic mass is 35.5. The van der Waals surface area contributed by atoms with Gasteiger partial charge in [-0.25, -0.2) is 0 Å². The van der Waals surface area contributed by atoms with Crippen LogP contribution in [-0.4, -0.2) is 41.9 Å². The number of nitrogens with one attached hydrogen (secondary N) is 1. The van der Waals surface area contributed by atoms with Gasteiger partial charge in [-0.2, -0.15) is 0 Å². The minimum atomic E-state index is -0.598. The minimum Gasteiger partial charge on any atom is -0.337 e. The largest absolute Gasteiger partial charge is 0.337 e. The number of non-ortho nitro benzene ring substituents is 1. The molecule has 6 nitrogen and oxygen atoms in total. The number of likely N-dealkylation sites (tertiary alicyclic amines) is 1. The number of likely N-dealkylation sites (N-methyl/N-ethyl adjacent to an activating group) is 1. The van der Waals surface area contributed by atoms with E-state index in [1.54, 1.807) is 4.90 Å². The van der Waals surface area contributed by atoms with Crippen molar-refractivity contribution in [1.82, 2.24) is 10.2 Å². The number of carbonyl (C=O) groups is 1. The second-order valence-corrected chi connectivity index (χ2v) is 5.36. The summed E-state index contributed by atoms with van der Waals surface area (Å²) >= 11 is 11.8. The molecule has 0 radical (unpaired) electrons. The number of rotatable bonds is 3. The Morgan fingerprint density at radius 1 is 1.50 bits per heavy atom. The van der Waals surface area contributed by atoms with Gasteiger partial charge in [-0.05, 0) is 13.5 Å². The van der Waals surface area contributed by atoms with Crippen LogP contribution in [0.2, 0.25) is 10.0 Å². The molecule has 1 fully saturated rings. The van der Waals surface area contributed by atoms with Crippen LogP contribution in [0.4, 0.5) is 5.69 Å². The molecule has 1 amide bonds. The van der Waals surface area contributed by atoms with Gasteiger partial charge in [0.1, 0.15) is 0 Å². The summed E-state index contributed by atoms with van der Waals surface area (Å²) in [4.78, 5) is 24.2. The molecule has 1 N–H and O–H groups in total. The number of hydrogen-bond donors (Lipinski definition) is 1.